The van der Waals surface area contributed by atoms with Gasteiger partial charge in [-0.05, 0) is 62.8 Å². The van der Waals surface area contributed by atoms with E-state index in [-0.39, 0.29) is 30.7 Å². The third-order valence-corrected chi connectivity index (χ3v) is 4.49. The molecule has 26 heavy (non-hydrogen) atoms. The number of benzene rings is 2. The summed E-state index contributed by atoms with van der Waals surface area (Å²) >= 11 is 3.39. The average molecular weight is 463 g/mol. The molecule has 2 aromatic rings. The largest absolute Gasteiger partial charge is 0.324 e. The molecular weight excluding hydrogens is 437 g/mol. The highest BCUT2D eigenvalue weighted by Gasteiger charge is 2.30. The van der Waals surface area contributed by atoms with E-state index in [0.717, 1.165) is 33.4 Å². The molecule has 4 nitrogen and oxygen atoms in total. The predicted octanol–water partition coefficient (Wildman–Crippen LogP) is 4.48. The third kappa shape index (κ3) is 6.25. The molecule has 1 unspecified atom stereocenters. The van der Waals surface area contributed by atoms with Gasteiger partial charge in [-0.15, -0.1) is 24.8 Å². The molecule has 1 amide bonds. The van der Waals surface area contributed by atoms with Crippen molar-refractivity contribution in [3.63, 3.8) is 0 Å². The first-order valence-electron chi connectivity index (χ1n) is 7.81. The molecule has 0 aliphatic rings. The van der Waals surface area contributed by atoms with Crippen LogP contribution in [-0.4, -0.2) is 24.9 Å². The monoisotopic (exact) mass is 461 g/mol. The standard InChI is InChI=1S/C19H24BrN3O.2ClH/c1-13-5-6-14(12-23(3)4)11-17(13)22-18(24)19(2,21)15-7-9-16(20)10-8-15;;/h5-11H,12,21H2,1-4H3,(H,22,24);2*1H. The maximum atomic E-state index is 12.7. The van der Waals surface area contributed by atoms with Crippen LogP contribution in [0, 0.1) is 6.92 Å². The fourth-order valence-corrected chi connectivity index (χ4v) is 2.71. The number of aryl methyl sites for hydroxylation is 1. The zero-order valence-corrected chi connectivity index (χ0v) is 18.6. The fourth-order valence-electron chi connectivity index (χ4n) is 2.45. The third-order valence-electron chi connectivity index (χ3n) is 3.96. The first-order valence-corrected chi connectivity index (χ1v) is 8.60. The Hall–Kier alpha value is -1.11. The summed E-state index contributed by atoms with van der Waals surface area (Å²) in [5.74, 6) is -0.227. The summed E-state index contributed by atoms with van der Waals surface area (Å²) < 4.78 is 0.953. The topological polar surface area (TPSA) is 58.4 Å². The van der Waals surface area contributed by atoms with E-state index in [1.807, 2.05) is 57.4 Å². The number of hydrogen-bond donors (Lipinski definition) is 2. The molecule has 1 atom stereocenters. The van der Waals surface area contributed by atoms with E-state index in [9.17, 15) is 4.79 Å². The van der Waals surface area contributed by atoms with Crippen molar-refractivity contribution in [2.75, 3.05) is 19.4 Å². The van der Waals surface area contributed by atoms with E-state index >= 15 is 0 Å². The Labute approximate surface area is 176 Å². The molecule has 3 N–H and O–H groups in total. The zero-order valence-electron chi connectivity index (χ0n) is 15.4. The molecule has 0 saturated heterocycles. The molecule has 0 fully saturated rings. The van der Waals surface area contributed by atoms with Gasteiger partial charge in [-0.1, -0.05) is 40.2 Å². The van der Waals surface area contributed by atoms with Crippen LogP contribution in [0.5, 0.6) is 0 Å². The van der Waals surface area contributed by atoms with Gasteiger partial charge >= 0.3 is 0 Å². The SMILES string of the molecule is Cc1ccc(CN(C)C)cc1NC(=O)C(C)(N)c1ccc(Br)cc1.Cl.Cl. The molecule has 0 saturated carbocycles. The summed E-state index contributed by atoms with van der Waals surface area (Å²) in [5, 5.41) is 2.98. The molecule has 0 aliphatic heterocycles. The van der Waals surface area contributed by atoms with E-state index in [1.165, 1.54) is 0 Å². The van der Waals surface area contributed by atoms with Gasteiger partial charge in [0.1, 0.15) is 5.54 Å². The number of carbonyl (C=O) groups is 1. The molecular formula is C19H26BrCl2N3O. The summed E-state index contributed by atoms with van der Waals surface area (Å²) in [6.07, 6.45) is 0. The number of carbonyl (C=O) groups excluding carboxylic acids is 1. The molecule has 0 aromatic heterocycles. The van der Waals surface area contributed by atoms with Crippen LogP contribution in [0.1, 0.15) is 23.6 Å². The number of nitrogens with two attached hydrogens (primary N) is 1. The quantitative estimate of drug-likeness (QED) is 0.688. The second-order valence-corrected chi connectivity index (χ2v) is 7.47. The summed E-state index contributed by atoms with van der Waals surface area (Å²) in [6.45, 7) is 4.52. The Balaban J connectivity index is 0.00000312. The highest BCUT2D eigenvalue weighted by molar-refractivity contribution is 9.10. The second kappa shape index (κ2) is 10.3. The summed E-state index contributed by atoms with van der Waals surface area (Å²) in [4.78, 5) is 14.8. The first kappa shape index (κ1) is 24.9. The van der Waals surface area contributed by atoms with Crippen LogP contribution in [0.4, 0.5) is 5.69 Å². The first-order chi connectivity index (χ1) is 11.2. The number of hydrogen-bond acceptors (Lipinski definition) is 3. The van der Waals surface area contributed by atoms with Crippen LogP contribution < -0.4 is 11.1 Å². The van der Waals surface area contributed by atoms with Gasteiger partial charge in [-0.3, -0.25) is 4.79 Å². The van der Waals surface area contributed by atoms with Crippen molar-refractivity contribution in [3.8, 4) is 0 Å². The summed E-state index contributed by atoms with van der Waals surface area (Å²) in [5.41, 5.74) is 8.93. The smallest absolute Gasteiger partial charge is 0.248 e. The van der Waals surface area contributed by atoms with E-state index in [4.69, 9.17) is 5.73 Å². The van der Waals surface area contributed by atoms with Gasteiger partial charge in [-0.25, -0.2) is 0 Å². The number of rotatable bonds is 5. The van der Waals surface area contributed by atoms with Crippen molar-refractivity contribution in [1.29, 1.82) is 0 Å². The normalized spacial score (nSPS) is 12.6. The summed E-state index contributed by atoms with van der Waals surface area (Å²) in [6, 6.07) is 13.6. The number of anilines is 1. The summed E-state index contributed by atoms with van der Waals surface area (Å²) in [7, 11) is 4.03. The maximum Gasteiger partial charge on any atom is 0.248 e. The fraction of sp³-hybridized carbons (Fsp3) is 0.316. The second-order valence-electron chi connectivity index (χ2n) is 6.55. The Morgan fingerprint density at radius 3 is 2.27 bits per heavy atom. The van der Waals surface area contributed by atoms with Crippen LogP contribution >= 0.6 is 40.7 Å². The molecule has 2 rings (SSSR count). The van der Waals surface area contributed by atoms with Gasteiger partial charge in [0.2, 0.25) is 5.91 Å². The van der Waals surface area contributed by atoms with Gasteiger partial charge < -0.3 is 16.0 Å². The van der Waals surface area contributed by atoms with Crippen LogP contribution in [0.15, 0.2) is 46.9 Å². The Morgan fingerprint density at radius 1 is 1.15 bits per heavy atom. The van der Waals surface area contributed by atoms with Crippen LogP contribution in [-0.2, 0) is 16.9 Å². The molecule has 0 aliphatic carbocycles. The molecule has 0 heterocycles. The van der Waals surface area contributed by atoms with E-state index in [1.54, 1.807) is 6.92 Å². The predicted molar refractivity (Wildman–Crippen MR) is 117 cm³/mol. The average Bonchev–Trinajstić information content (AvgIpc) is 2.50. The van der Waals surface area contributed by atoms with Gasteiger partial charge in [0.25, 0.3) is 0 Å². The van der Waals surface area contributed by atoms with Crippen molar-refractivity contribution in [1.82, 2.24) is 4.90 Å². The van der Waals surface area contributed by atoms with E-state index < -0.39 is 5.54 Å². The van der Waals surface area contributed by atoms with Gasteiger partial charge in [-0.2, -0.15) is 0 Å². The minimum atomic E-state index is -1.11. The van der Waals surface area contributed by atoms with E-state index in [2.05, 4.69) is 32.2 Å². The lowest BCUT2D eigenvalue weighted by molar-refractivity contribution is -0.120. The molecule has 0 bridgehead atoms. The molecule has 144 valence electrons. The van der Waals surface area contributed by atoms with Crippen LogP contribution in [0.2, 0.25) is 0 Å². The van der Waals surface area contributed by atoms with Crippen LogP contribution in [0.3, 0.4) is 0 Å². The van der Waals surface area contributed by atoms with Crippen molar-refractivity contribution in [2.45, 2.75) is 25.9 Å². The highest BCUT2D eigenvalue weighted by atomic mass is 79.9. The van der Waals surface area contributed by atoms with Gasteiger partial charge in [0.15, 0.2) is 0 Å². The van der Waals surface area contributed by atoms with Crippen molar-refractivity contribution in [3.05, 3.63) is 63.6 Å². The molecule has 2 aromatic carbocycles. The lowest BCUT2D eigenvalue weighted by Crippen LogP contribution is -2.45. The minimum absolute atomic E-state index is 0. The Kier molecular flexibility index (Phi) is 9.84. The number of nitrogens with one attached hydrogen (secondary N) is 1. The Bertz CT molecular complexity index is 734. The molecule has 7 heteroatoms. The minimum Gasteiger partial charge on any atom is -0.324 e. The zero-order chi connectivity index (χ0) is 17.9. The number of halogens is 3. The lowest BCUT2D eigenvalue weighted by atomic mass is 9.92. The van der Waals surface area contributed by atoms with Crippen molar-refractivity contribution in [2.24, 2.45) is 5.73 Å². The highest BCUT2D eigenvalue weighted by Crippen LogP contribution is 2.24. The van der Waals surface area contributed by atoms with Crippen molar-refractivity contribution >= 4 is 52.3 Å². The molecule has 0 spiro atoms. The number of amides is 1. The lowest BCUT2D eigenvalue weighted by Gasteiger charge is -2.25. The number of nitrogens with zero attached hydrogens (tertiary/aromatic N) is 1. The van der Waals surface area contributed by atoms with Gasteiger partial charge in [0.05, 0.1) is 0 Å². The van der Waals surface area contributed by atoms with Crippen molar-refractivity contribution < 1.29 is 4.79 Å². The molecule has 0 radical (unpaired) electrons. The van der Waals surface area contributed by atoms with Crippen LogP contribution in [0.25, 0.3) is 0 Å². The van der Waals surface area contributed by atoms with E-state index in [0.29, 0.717) is 0 Å². The maximum absolute atomic E-state index is 12.7. The van der Waals surface area contributed by atoms with Gasteiger partial charge in [0, 0.05) is 16.7 Å². The Morgan fingerprint density at radius 2 is 1.73 bits per heavy atom.